The molecule has 0 saturated heterocycles. The van der Waals surface area contributed by atoms with Gasteiger partial charge in [0.05, 0.1) is 5.56 Å². The van der Waals surface area contributed by atoms with Gasteiger partial charge in [-0.05, 0) is 48.6 Å². The molecular formula is C17H14BrFO. The molecule has 1 saturated carbocycles. The molecule has 102 valence electrons. The molecule has 0 radical (unpaired) electrons. The Hall–Kier alpha value is -1.48. The van der Waals surface area contributed by atoms with Crippen LogP contribution in [0.3, 0.4) is 0 Å². The van der Waals surface area contributed by atoms with Crippen molar-refractivity contribution in [1.29, 1.82) is 0 Å². The molecule has 2 aromatic carbocycles. The lowest BCUT2D eigenvalue weighted by atomic mass is 9.79. The van der Waals surface area contributed by atoms with E-state index in [4.69, 9.17) is 0 Å². The van der Waals surface area contributed by atoms with Crippen molar-refractivity contribution in [2.45, 2.75) is 25.2 Å². The number of hydrogen-bond acceptors (Lipinski definition) is 1. The fourth-order valence-electron chi connectivity index (χ4n) is 2.50. The minimum absolute atomic E-state index is 0.116. The Balaban J connectivity index is 1.95. The molecule has 0 heterocycles. The van der Waals surface area contributed by atoms with Crippen LogP contribution < -0.4 is 0 Å². The first kappa shape index (κ1) is 13.5. The van der Waals surface area contributed by atoms with Crippen molar-refractivity contribution in [3.8, 4) is 0 Å². The first-order valence-electron chi connectivity index (χ1n) is 6.75. The third-order valence-electron chi connectivity index (χ3n) is 3.90. The van der Waals surface area contributed by atoms with E-state index in [9.17, 15) is 9.18 Å². The van der Waals surface area contributed by atoms with E-state index in [1.165, 1.54) is 37.0 Å². The van der Waals surface area contributed by atoms with Crippen LogP contribution >= 0.6 is 15.9 Å². The Morgan fingerprint density at radius 1 is 1.15 bits per heavy atom. The first-order chi connectivity index (χ1) is 9.65. The Labute approximate surface area is 126 Å². The molecule has 3 heteroatoms. The molecule has 0 aliphatic heterocycles. The largest absolute Gasteiger partial charge is 0.288 e. The lowest BCUT2D eigenvalue weighted by Gasteiger charge is -2.26. The van der Waals surface area contributed by atoms with E-state index in [-0.39, 0.29) is 11.3 Å². The van der Waals surface area contributed by atoms with Gasteiger partial charge in [0.1, 0.15) is 5.82 Å². The number of ketones is 1. The molecule has 0 amide bonds. The molecule has 3 rings (SSSR count). The van der Waals surface area contributed by atoms with Crippen molar-refractivity contribution >= 4 is 21.7 Å². The topological polar surface area (TPSA) is 17.1 Å². The number of hydrogen-bond donors (Lipinski definition) is 0. The van der Waals surface area contributed by atoms with Crippen LogP contribution in [0, 0.1) is 5.82 Å². The van der Waals surface area contributed by atoms with Gasteiger partial charge in [0.25, 0.3) is 0 Å². The summed E-state index contributed by atoms with van der Waals surface area (Å²) >= 11 is 3.28. The Kier molecular flexibility index (Phi) is 3.70. The summed E-state index contributed by atoms with van der Waals surface area (Å²) in [5, 5.41) is 0. The molecule has 0 N–H and O–H groups in total. The summed E-state index contributed by atoms with van der Waals surface area (Å²) in [7, 11) is 0. The maximum atomic E-state index is 13.8. The van der Waals surface area contributed by atoms with Gasteiger partial charge in [0, 0.05) is 10.0 Å². The summed E-state index contributed by atoms with van der Waals surface area (Å²) in [6.45, 7) is 0. The van der Waals surface area contributed by atoms with Crippen molar-refractivity contribution < 1.29 is 9.18 Å². The van der Waals surface area contributed by atoms with Gasteiger partial charge in [-0.1, -0.05) is 40.5 Å². The van der Waals surface area contributed by atoms with E-state index in [2.05, 4.69) is 22.0 Å². The zero-order valence-corrected chi connectivity index (χ0v) is 12.5. The third-order valence-corrected chi connectivity index (χ3v) is 4.39. The van der Waals surface area contributed by atoms with Gasteiger partial charge >= 0.3 is 0 Å². The summed E-state index contributed by atoms with van der Waals surface area (Å²) < 4.78 is 14.5. The van der Waals surface area contributed by atoms with Crippen LogP contribution in [0.4, 0.5) is 4.39 Å². The fourth-order valence-corrected chi connectivity index (χ4v) is 2.86. The third kappa shape index (κ3) is 2.55. The van der Waals surface area contributed by atoms with Gasteiger partial charge in [-0.2, -0.15) is 0 Å². The van der Waals surface area contributed by atoms with E-state index in [0.29, 0.717) is 16.0 Å². The maximum Gasteiger partial charge on any atom is 0.196 e. The van der Waals surface area contributed by atoms with E-state index in [1.54, 1.807) is 12.1 Å². The average molecular weight is 333 g/mol. The van der Waals surface area contributed by atoms with Gasteiger partial charge in [-0.3, -0.25) is 4.79 Å². The predicted octanol–water partition coefficient (Wildman–Crippen LogP) is 5.09. The normalized spacial score (nSPS) is 14.9. The molecule has 0 aromatic heterocycles. The molecule has 1 nitrogen and oxygen atoms in total. The number of halogens is 2. The highest BCUT2D eigenvalue weighted by molar-refractivity contribution is 9.10. The lowest BCUT2D eigenvalue weighted by molar-refractivity contribution is 0.103. The summed E-state index contributed by atoms with van der Waals surface area (Å²) in [5.41, 5.74) is 1.87. The SMILES string of the molecule is O=C(c1cccc(C2CCC2)c1)c1cc(Br)ccc1F. The number of benzene rings is 2. The van der Waals surface area contributed by atoms with E-state index >= 15 is 0 Å². The van der Waals surface area contributed by atoms with Crippen molar-refractivity contribution in [3.63, 3.8) is 0 Å². The average Bonchev–Trinajstić information content (AvgIpc) is 2.39. The molecule has 1 fully saturated rings. The van der Waals surface area contributed by atoms with Crippen LogP contribution in [0.25, 0.3) is 0 Å². The standard InChI is InChI=1S/C17H14BrFO/c18-14-7-8-16(19)15(10-14)17(20)13-6-2-5-12(9-13)11-3-1-4-11/h2,5-11H,1,3-4H2. The Morgan fingerprint density at radius 3 is 2.65 bits per heavy atom. The molecule has 0 spiro atoms. The summed E-state index contributed by atoms with van der Waals surface area (Å²) in [5.74, 6) is -0.174. The quantitative estimate of drug-likeness (QED) is 0.716. The van der Waals surface area contributed by atoms with Crippen molar-refractivity contribution in [2.24, 2.45) is 0 Å². The number of carbonyl (C=O) groups is 1. The second-order valence-corrected chi connectivity index (χ2v) is 6.12. The molecule has 2 aromatic rings. The van der Waals surface area contributed by atoms with Crippen LogP contribution in [0.2, 0.25) is 0 Å². The van der Waals surface area contributed by atoms with E-state index < -0.39 is 5.82 Å². The zero-order chi connectivity index (χ0) is 14.1. The lowest BCUT2D eigenvalue weighted by Crippen LogP contribution is -2.10. The summed E-state index contributed by atoms with van der Waals surface area (Å²) in [6, 6.07) is 12.0. The number of rotatable bonds is 3. The van der Waals surface area contributed by atoms with Crippen molar-refractivity contribution in [3.05, 3.63) is 69.4 Å². The molecule has 0 atom stereocenters. The van der Waals surface area contributed by atoms with Crippen molar-refractivity contribution in [1.82, 2.24) is 0 Å². The number of carbonyl (C=O) groups excluding carboxylic acids is 1. The predicted molar refractivity (Wildman–Crippen MR) is 80.6 cm³/mol. The fraction of sp³-hybridized carbons (Fsp3) is 0.235. The Bertz CT molecular complexity index is 662. The molecule has 20 heavy (non-hydrogen) atoms. The van der Waals surface area contributed by atoms with Crippen LogP contribution in [-0.4, -0.2) is 5.78 Å². The highest BCUT2D eigenvalue weighted by atomic mass is 79.9. The zero-order valence-electron chi connectivity index (χ0n) is 10.9. The van der Waals surface area contributed by atoms with Gasteiger partial charge in [-0.25, -0.2) is 4.39 Å². The molecule has 1 aliphatic carbocycles. The van der Waals surface area contributed by atoms with Gasteiger partial charge in [0.15, 0.2) is 5.78 Å². The van der Waals surface area contributed by atoms with Crippen LogP contribution in [0.15, 0.2) is 46.9 Å². The highest BCUT2D eigenvalue weighted by Crippen LogP contribution is 2.36. The van der Waals surface area contributed by atoms with Gasteiger partial charge < -0.3 is 0 Å². The maximum absolute atomic E-state index is 13.8. The molecular weight excluding hydrogens is 319 g/mol. The van der Waals surface area contributed by atoms with Crippen LogP contribution in [0.1, 0.15) is 46.7 Å². The second kappa shape index (κ2) is 5.49. The smallest absolute Gasteiger partial charge is 0.196 e. The molecule has 0 bridgehead atoms. The second-order valence-electron chi connectivity index (χ2n) is 5.21. The van der Waals surface area contributed by atoms with Gasteiger partial charge in [0.2, 0.25) is 0 Å². The monoisotopic (exact) mass is 332 g/mol. The molecule has 1 aliphatic rings. The highest BCUT2D eigenvalue weighted by Gasteiger charge is 2.21. The summed E-state index contributed by atoms with van der Waals surface area (Å²) in [6.07, 6.45) is 3.62. The van der Waals surface area contributed by atoms with Gasteiger partial charge in [-0.15, -0.1) is 0 Å². The minimum atomic E-state index is -0.479. The first-order valence-corrected chi connectivity index (χ1v) is 7.54. The van der Waals surface area contributed by atoms with Crippen molar-refractivity contribution in [2.75, 3.05) is 0 Å². The Morgan fingerprint density at radius 2 is 1.95 bits per heavy atom. The summed E-state index contributed by atoms with van der Waals surface area (Å²) in [4.78, 5) is 12.4. The minimum Gasteiger partial charge on any atom is -0.288 e. The van der Waals surface area contributed by atoms with Crippen LogP contribution in [0.5, 0.6) is 0 Å². The molecule has 0 unspecified atom stereocenters. The van der Waals surface area contributed by atoms with Crippen LogP contribution in [-0.2, 0) is 0 Å². The van der Waals surface area contributed by atoms with E-state index in [1.807, 2.05) is 12.1 Å². The van der Waals surface area contributed by atoms with E-state index in [0.717, 1.165) is 0 Å².